The number of rotatable bonds is 8. The summed E-state index contributed by atoms with van der Waals surface area (Å²) in [5, 5.41) is 4.67. The van der Waals surface area contributed by atoms with E-state index in [4.69, 9.17) is 4.74 Å². The second-order valence-corrected chi connectivity index (χ2v) is 8.08. The summed E-state index contributed by atoms with van der Waals surface area (Å²) >= 11 is 1.57. The van der Waals surface area contributed by atoms with Crippen molar-refractivity contribution in [2.75, 3.05) is 30.9 Å². The summed E-state index contributed by atoms with van der Waals surface area (Å²) in [6, 6.07) is 6.88. The first-order valence-electron chi connectivity index (χ1n) is 9.49. The minimum atomic E-state index is -0.714. The van der Waals surface area contributed by atoms with E-state index in [1.165, 1.54) is 0 Å². The van der Waals surface area contributed by atoms with Crippen molar-refractivity contribution >= 4 is 41.3 Å². The number of carbonyl (C=O) groups excluding carboxylic acids is 4. The maximum Gasteiger partial charge on any atom is 0.321 e. The van der Waals surface area contributed by atoms with Gasteiger partial charge >= 0.3 is 12.0 Å². The lowest BCUT2D eigenvalue weighted by atomic mass is 10.1. The number of esters is 1. The Morgan fingerprint density at radius 1 is 1.31 bits per heavy atom. The number of nitrogens with one attached hydrogen (secondary N) is 2. The van der Waals surface area contributed by atoms with Gasteiger partial charge in [-0.3, -0.25) is 19.7 Å². The second-order valence-electron chi connectivity index (χ2n) is 7.20. The fraction of sp³-hybridized carbons (Fsp3) is 0.500. The van der Waals surface area contributed by atoms with E-state index in [1.807, 2.05) is 44.4 Å². The Morgan fingerprint density at radius 2 is 2.07 bits per heavy atom. The maximum atomic E-state index is 12.3. The van der Waals surface area contributed by atoms with E-state index in [0.717, 1.165) is 17.0 Å². The largest absolute Gasteiger partial charge is 0.455 e. The fourth-order valence-corrected chi connectivity index (χ4v) is 3.28. The molecule has 1 fully saturated rings. The zero-order valence-electron chi connectivity index (χ0n) is 16.9. The third-order valence-corrected chi connectivity index (χ3v) is 5.15. The third-order valence-electron chi connectivity index (χ3n) is 4.43. The monoisotopic (exact) mass is 421 g/mol. The van der Waals surface area contributed by atoms with Crippen molar-refractivity contribution in [2.45, 2.75) is 31.6 Å². The van der Waals surface area contributed by atoms with Crippen LogP contribution in [-0.2, 0) is 19.1 Å². The highest BCUT2D eigenvalue weighted by Gasteiger charge is 2.36. The Balaban J connectivity index is 1.78. The number of amides is 4. The predicted octanol–water partition coefficient (Wildman–Crippen LogP) is 2.18. The highest BCUT2D eigenvalue weighted by molar-refractivity contribution is 7.98. The average molecular weight is 422 g/mol. The normalized spacial score (nSPS) is 16.1. The molecule has 29 heavy (non-hydrogen) atoms. The van der Waals surface area contributed by atoms with Crippen molar-refractivity contribution in [1.82, 2.24) is 10.6 Å². The van der Waals surface area contributed by atoms with Gasteiger partial charge in [0.25, 0.3) is 5.91 Å². The number of benzene rings is 1. The summed E-state index contributed by atoms with van der Waals surface area (Å²) in [5.41, 5.74) is 0.730. The smallest absolute Gasteiger partial charge is 0.321 e. The van der Waals surface area contributed by atoms with Gasteiger partial charge in [-0.2, -0.15) is 0 Å². The van der Waals surface area contributed by atoms with Crippen molar-refractivity contribution in [3.63, 3.8) is 0 Å². The predicted molar refractivity (Wildman–Crippen MR) is 111 cm³/mol. The number of urea groups is 1. The van der Waals surface area contributed by atoms with Crippen LogP contribution in [0.25, 0.3) is 0 Å². The number of nitrogens with zero attached hydrogens (tertiary/aromatic N) is 1. The summed E-state index contributed by atoms with van der Waals surface area (Å²) in [5.74, 6) is -1.72. The molecular weight excluding hydrogens is 394 g/mol. The third kappa shape index (κ3) is 7.08. The van der Waals surface area contributed by atoms with Gasteiger partial charge in [-0.25, -0.2) is 4.79 Å². The summed E-state index contributed by atoms with van der Waals surface area (Å²) in [6.07, 6.45) is 2.77. The number of ether oxygens (including phenoxy) is 1. The molecule has 1 aliphatic heterocycles. The zero-order chi connectivity index (χ0) is 21.4. The topological polar surface area (TPSA) is 105 Å². The van der Waals surface area contributed by atoms with E-state index in [9.17, 15) is 19.2 Å². The highest BCUT2D eigenvalue weighted by Crippen LogP contribution is 2.28. The summed E-state index contributed by atoms with van der Waals surface area (Å²) < 4.78 is 4.99. The standard InChI is InChI=1S/C20H27N3O5S/c1-13(2)7-8-21-20(27)22-17(24)12-28-19(26)14-9-18(25)23(11-14)15-5-4-6-16(10-15)29-3/h4-6,10,13-14H,7-9,11-12H2,1-3H3,(H2,21,22,24,27)/t14-/m0/s1. The van der Waals surface area contributed by atoms with Crippen molar-refractivity contribution < 1.29 is 23.9 Å². The molecule has 0 spiro atoms. The van der Waals surface area contributed by atoms with E-state index in [2.05, 4.69) is 10.6 Å². The molecule has 0 radical (unpaired) electrons. The minimum Gasteiger partial charge on any atom is -0.455 e. The number of imide groups is 1. The van der Waals surface area contributed by atoms with E-state index >= 15 is 0 Å². The number of hydrogen-bond acceptors (Lipinski definition) is 6. The Bertz CT molecular complexity index is 768. The van der Waals surface area contributed by atoms with E-state index in [1.54, 1.807) is 16.7 Å². The molecule has 9 heteroatoms. The molecule has 0 aromatic heterocycles. The lowest BCUT2D eigenvalue weighted by molar-refractivity contribution is -0.152. The Hall–Kier alpha value is -2.55. The van der Waals surface area contributed by atoms with Crippen LogP contribution in [-0.4, -0.2) is 49.8 Å². The van der Waals surface area contributed by atoms with Gasteiger partial charge in [-0.05, 0) is 36.8 Å². The summed E-state index contributed by atoms with van der Waals surface area (Å²) in [4.78, 5) is 50.5. The molecule has 1 aromatic carbocycles. The summed E-state index contributed by atoms with van der Waals surface area (Å²) in [6.45, 7) is 4.14. The van der Waals surface area contributed by atoms with Crippen LogP contribution in [0.5, 0.6) is 0 Å². The molecule has 0 bridgehead atoms. The van der Waals surface area contributed by atoms with E-state index in [0.29, 0.717) is 12.5 Å². The van der Waals surface area contributed by atoms with Crippen LogP contribution in [0.2, 0.25) is 0 Å². The molecule has 4 amide bonds. The zero-order valence-corrected chi connectivity index (χ0v) is 17.7. The molecule has 0 saturated carbocycles. The molecule has 1 aromatic rings. The Labute approximate surface area is 174 Å². The van der Waals surface area contributed by atoms with Gasteiger partial charge < -0.3 is 15.0 Å². The SMILES string of the molecule is CSc1cccc(N2C[C@@H](C(=O)OCC(=O)NC(=O)NCCC(C)C)CC2=O)c1. The lowest BCUT2D eigenvalue weighted by Crippen LogP contribution is -2.42. The van der Waals surface area contributed by atoms with Crippen LogP contribution in [0, 0.1) is 11.8 Å². The molecule has 1 heterocycles. The van der Waals surface area contributed by atoms with Gasteiger partial charge in [0.15, 0.2) is 6.61 Å². The van der Waals surface area contributed by atoms with Gasteiger partial charge in [0.1, 0.15) is 0 Å². The number of thioether (sulfide) groups is 1. The van der Waals surface area contributed by atoms with Crippen molar-refractivity contribution in [1.29, 1.82) is 0 Å². The first-order chi connectivity index (χ1) is 13.8. The quantitative estimate of drug-likeness (QED) is 0.492. The van der Waals surface area contributed by atoms with E-state index < -0.39 is 30.4 Å². The van der Waals surface area contributed by atoms with Gasteiger partial charge in [0.2, 0.25) is 5.91 Å². The van der Waals surface area contributed by atoms with Crippen LogP contribution in [0.4, 0.5) is 10.5 Å². The van der Waals surface area contributed by atoms with Crippen LogP contribution in [0.3, 0.4) is 0 Å². The van der Waals surface area contributed by atoms with E-state index in [-0.39, 0.29) is 18.9 Å². The van der Waals surface area contributed by atoms with Crippen LogP contribution in [0.15, 0.2) is 29.2 Å². The van der Waals surface area contributed by atoms with Crippen LogP contribution in [0.1, 0.15) is 26.7 Å². The number of anilines is 1. The van der Waals surface area contributed by atoms with Crippen molar-refractivity contribution in [3.8, 4) is 0 Å². The molecule has 8 nitrogen and oxygen atoms in total. The fourth-order valence-electron chi connectivity index (χ4n) is 2.83. The summed E-state index contributed by atoms with van der Waals surface area (Å²) in [7, 11) is 0. The average Bonchev–Trinajstić information content (AvgIpc) is 3.07. The molecule has 1 aliphatic rings. The second kappa shape index (κ2) is 10.8. The van der Waals surface area contributed by atoms with Gasteiger partial charge in [-0.15, -0.1) is 11.8 Å². The van der Waals surface area contributed by atoms with Crippen molar-refractivity contribution in [2.24, 2.45) is 11.8 Å². The molecule has 158 valence electrons. The molecule has 0 unspecified atom stereocenters. The molecular formula is C20H27N3O5S. The molecule has 1 atom stereocenters. The van der Waals surface area contributed by atoms with Gasteiger partial charge in [0.05, 0.1) is 5.92 Å². The van der Waals surface area contributed by atoms with Gasteiger partial charge in [-0.1, -0.05) is 19.9 Å². The Morgan fingerprint density at radius 3 is 2.76 bits per heavy atom. The number of hydrogen-bond donors (Lipinski definition) is 2. The lowest BCUT2D eigenvalue weighted by Gasteiger charge is -2.17. The van der Waals surface area contributed by atoms with Crippen molar-refractivity contribution in [3.05, 3.63) is 24.3 Å². The highest BCUT2D eigenvalue weighted by atomic mass is 32.2. The first-order valence-corrected chi connectivity index (χ1v) is 10.7. The van der Waals surface area contributed by atoms with Crippen LogP contribution >= 0.6 is 11.8 Å². The van der Waals surface area contributed by atoms with Crippen LogP contribution < -0.4 is 15.5 Å². The molecule has 2 rings (SSSR count). The first kappa shape index (κ1) is 22.7. The Kier molecular flexibility index (Phi) is 8.50. The maximum absolute atomic E-state index is 12.3. The molecule has 1 saturated heterocycles. The molecule has 0 aliphatic carbocycles. The molecule has 2 N–H and O–H groups in total. The number of carbonyl (C=O) groups is 4. The van der Waals surface area contributed by atoms with Gasteiger partial charge in [0, 0.05) is 30.1 Å². The minimum absolute atomic E-state index is 0.0274.